The fourth-order valence-electron chi connectivity index (χ4n) is 4.29. The topological polar surface area (TPSA) is 60.6 Å². The Kier molecular flexibility index (Phi) is 5.38. The van der Waals surface area contributed by atoms with Gasteiger partial charge in [-0.25, -0.2) is 0 Å². The number of hydrogen-bond acceptors (Lipinski definition) is 3. The van der Waals surface area contributed by atoms with E-state index in [0.717, 1.165) is 16.7 Å². The number of hydrogen-bond donors (Lipinski definition) is 1. The van der Waals surface area contributed by atoms with Crippen LogP contribution in [0.4, 0.5) is 0 Å². The van der Waals surface area contributed by atoms with Crippen LogP contribution in [0.1, 0.15) is 16.7 Å². The summed E-state index contributed by atoms with van der Waals surface area (Å²) in [6, 6.07) is 30.1. The molecule has 1 aliphatic rings. The predicted octanol–water partition coefficient (Wildman–Crippen LogP) is 3.21. The number of carbonyl (C=O) groups is 2. The van der Waals surface area contributed by atoms with Crippen LogP contribution in [0.5, 0.6) is 0 Å². The number of benzene rings is 3. The van der Waals surface area contributed by atoms with Crippen LogP contribution < -0.4 is 0 Å². The summed E-state index contributed by atoms with van der Waals surface area (Å²) < 4.78 is 0. The molecule has 152 valence electrons. The maximum absolute atomic E-state index is 13.0. The quantitative estimate of drug-likeness (QED) is 0.489. The van der Waals surface area contributed by atoms with Crippen molar-refractivity contribution in [3.05, 3.63) is 108 Å². The Balaban J connectivity index is 1.85. The lowest BCUT2D eigenvalue weighted by Crippen LogP contribution is -2.43. The van der Waals surface area contributed by atoms with Crippen LogP contribution in [0.3, 0.4) is 0 Å². The van der Waals surface area contributed by atoms with Gasteiger partial charge in [0.15, 0.2) is 0 Å². The Labute approximate surface area is 176 Å². The third-order valence-corrected chi connectivity index (χ3v) is 5.65. The minimum absolute atomic E-state index is 0.176. The van der Waals surface area contributed by atoms with Crippen LogP contribution >= 0.6 is 0 Å². The third-order valence-electron chi connectivity index (χ3n) is 5.65. The van der Waals surface area contributed by atoms with E-state index in [9.17, 15) is 9.59 Å². The number of carboxylic acids is 1. The van der Waals surface area contributed by atoms with Crippen molar-refractivity contribution < 1.29 is 14.7 Å². The molecule has 0 bridgehead atoms. The summed E-state index contributed by atoms with van der Waals surface area (Å²) >= 11 is 0. The van der Waals surface area contributed by atoms with E-state index in [0.29, 0.717) is 6.54 Å². The molecule has 1 unspecified atom stereocenters. The Hall–Kier alpha value is -3.44. The first-order valence-corrected chi connectivity index (χ1v) is 9.95. The van der Waals surface area contributed by atoms with E-state index in [1.807, 2.05) is 54.6 Å². The van der Waals surface area contributed by atoms with Crippen molar-refractivity contribution in [1.82, 2.24) is 9.80 Å². The van der Waals surface area contributed by atoms with Gasteiger partial charge in [-0.15, -0.1) is 0 Å². The van der Waals surface area contributed by atoms with E-state index in [4.69, 9.17) is 5.11 Å². The van der Waals surface area contributed by atoms with E-state index in [1.165, 1.54) is 4.90 Å². The molecule has 1 heterocycles. The molecule has 30 heavy (non-hydrogen) atoms. The molecule has 0 aliphatic carbocycles. The van der Waals surface area contributed by atoms with Gasteiger partial charge >= 0.3 is 5.97 Å². The highest BCUT2D eigenvalue weighted by molar-refractivity contribution is 5.88. The highest BCUT2D eigenvalue weighted by atomic mass is 16.4. The number of carbonyl (C=O) groups excluding carboxylic acids is 1. The Morgan fingerprint density at radius 1 is 0.867 bits per heavy atom. The van der Waals surface area contributed by atoms with Gasteiger partial charge in [0.1, 0.15) is 12.6 Å². The molecule has 0 aromatic heterocycles. The number of nitrogens with zero attached hydrogens (tertiary/aromatic N) is 2. The molecule has 1 fully saturated rings. The summed E-state index contributed by atoms with van der Waals surface area (Å²) in [5.74, 6) is -1.19. The van der Waals surface area contributed by atoms with Crippen LogP contribution in [0.2, 0.25) is 0 Å². The molecule has 0 saturated carbocycles. The van der Waals surface area contributed by atoms with Crippen molar-refractivity contribution in [3.8, 4) is 0 Å². The monoisotopic (exact) mass is 400 g/mol. The Morgan fingerprint density at radius 2 is 1.27 bits per heavy atom. The average Bonchev–Trinajstić information content (AvgIpc) is 3.57. The van der Waals surface area contributed by atoms with E-state index in [2.05, 4.69) is 41.3 Å². The Bertz CT molecular complexity index is 925. The highest BCUT2D eigenvalue weighted by Crippen LogP contribution is 2.48. The van der Waals surface area contributed by atoms with Gasteiger partial charge in [0.05, 0.1) is 5.54 Å². The van der Waals surface area contributed by atoms with Crippen molar-refractivity contribution >= 4 is 11.9 Å². The molecule has 0 spiro atoms. The van der Waals surface area contributed by atoms with Crippen LogP contribution in [0.25, 0.3) is 0 Å². The fraction of sp³-hybridized carbons (Fsp3) is 0.200. The van der Waals surface area contributed by atoms with Gasteiger partial charge < -0.3 is 10.0 Å². The molecule has 1 N–H and O–H groups in total. The second-order valence-electron chi connectivity index (χ2n) is 7.56. The fourth-order valence-corrected chi connectivity index (χ4v) is 4.29. The summed E-state index contributed by atoms with van der Waals surface area (Å²) in [6.07, 6.45) is 0. The standard InChI is InChI=1S/C25H24N2O3/c1-26(18-23(28)29)24(30)22-17-27(22)25(19-11-5-2-6-12-19,20-13-7-3-8-14-20)21-15-9-4-10-16-21/h2-16,22H,17-18H2,1H3,(H,28,29)/t22?,27-/m1/s1. The Morgan fingerprint density at radius 3 is 1.63 bits per heavy atom. The molecule has 3 aromatic rings. The molecular formula is C25H24N2O3. The average molecular weight is 400 g/mol. The van der Waals surface area contributed by atoms with Gasteiger partial charge in [0.25, 0.3) is 0 Å². The third kappa shape index (κ3) is 3.48. The highest BCUT2D eigenvalue weighted by Gasteiger charge is 2.56. The summed E-state index contributed by atoms with van der Waals surface area (Å²) in [5, 5.41) is 9.09. The molecule has 5 nitrogen and oxygen atoms in total. The van der Waals surface area contributed by atoms with E-state index >= 15 is 0 Å². The molecule has 1 saturated heterocycles. The number of amides is 1. The summed E-state index contributed by atoms with van der Waals surface area (Å²) in [4.78, 5) is 27.6. The second-order valence-corrected chi connectivity index (χ2v) is 7.56. The molecule has 1 amide bonds. The summed E-state index contributed by atoms with van der Waals surface area (Å²) in [6.45, 7) is 0.250. The lowest BCUT2D eigenvalue weighted by Gasteiger charge is -2.38. The van der Waals surface area contributed by atoms with Gasteiger partial charge in [0.2, 0.25) is 5.91 Å². The zero-order valence-electron chi connectivity index (χ0n) is 16.8. The number of likely N-dealkylation sites (N-methyl/N-ethyl adjacent to an activating group) is 1. The molecule has 3 aromatic carbocycles. The molecule has 1 aliphatic heterocycles. The maximum Gasteiger partial charge on any atom is 0.323 e. The van der Waals surface area contributed by atoms with Crippen LogP contribution in [0.15, 0.2) is 91.0 Å². The largest absolute Gasteiger partial charge is 0.480 e. The summed E-state index contributed by atoms with van der Waals surface area (Å²) in [5.41, 5.74) is 2.56. The minimum Gasteiger partial charge on any atom is -0.480 e. The maximum atomic E-state index is 13.0. The summed E-state index contributed by atoms with van der Waals surface area (Å²) in [7, 11) is 1.54. The SMILES string of the molecule is CN(CC(=O)O)C(=O)C1C[N@@]1C(c1ccccc1)(c1ccccc1)c1ccccc1. The first kappa shape index (κ1) is 19.9. The van der Waals surface area contributed by atoms with Crippen LogP contribution in [-0.4, -0.2) is 53.0 Å². The first-order chi connectivity index (χ1) is 14.5. The molecule has 2 atom stereocenters. The van der Waals surface area contributed by atoms with Crippen molar-refractivity contribution in [2.24, 2.45) is 0 Å². The van der Waals surface area contributed by atoms with Crippen molar-refractivity contribution in [1.29, 1.82) is 0 Å². The van der Waals surface area contributed by atoms with E-state index in [-0.39, 0.29) is 18.5 Å². The van der Waals surface area contributed by atoms with Gasteiger partial charge in [0, 0.05) is 13.6 Å². The van der Waals surface area contributed by atoms with Gasteiger partial charge in [-0.3, -0.25) is 14.5 Å². The van der Waals surface area contributed by atoms with Crippen molar-refractivity contribution in [2.75, 3.05) is 20.1 Å². The van der Waals surface area contributed by atoms with Gasteiger partial charge in [-0.1, -0.05) is 91.0 Å². The minimum atomic E-state index is -1.02. The smallest absolute Gasteiger partial charge is 0.323 e. The number of carboxylic acid groups (broad SMARTS) is 1. The molecule has 5 heteroatoms. The molecule has 0 radical (unpaired) electrons. The lowest BCUT2D eigenvalue weighted by molar-refractivity contribution is -0.143. The van der Waals surface area contributed by atoms with E-state index in [1.54, 1.807) is 7.05 Å². The van der Waals surface area contributed by atoms with Gasteiger partial charge in [-0.2, -0.15) is 0 Å². The second kappa shape index (κ2) is 8.13. The molecule has 4 rings (SSSR count). The van der Waals surface area contributed by atoms with Crippen LogP contribution in [-0.2, 0) is 15.1 Å². The lowest BCUT2D eigenvalue weighted by atomic mass is 9.76. The van der Waals surface area contributed by atoms with Gasteiger partial charge in [-0.05, 0) is 16.7 Å². The van der Waals surface area contributed by atoms with Crippen LogP contribution in [0, 0.1) is 0 Å². The predicted molar refractivity (Wildman–Crippen MR) is 115 cm³/mol. The van der Waals surface area contributed by atoms with Crippen molar-refractivity contribution in [3.63, 3.8) is 0 Å². The normalized spacial score (nSPS) is 17.9. The zero-order chi connectivity index (χ0) is 21.1. The number of rotatable bonds is 7. The number of aliphatic carboxylic acids is 1. The zero-order valence-corrected chi connectivity index (χ0v) is 16.8. The first-order valence-electron chi connectivity index (χ1n) is 9.95. The molecular weight excluding hydrogens is 376 g/mol. The van der Waals surface area contributed by atoms with Crippen molar-refractivity contribution in [2.45, 2.75) is 11.6 Å². The van der Waals surface area contributed by atoms with E-state index < -0.39 is 11.5 Å².